The zero-order chi connectivity index (χ0) is 16.1. The van der Waals surface area contributed by atoms with Crippen LogP contribution in [0.3, 0.4) is 0 Å². The summed E-state index contributed by atoms with van der Waals surface area (Å²) in [7, 11) is 0. The fraction of sp³-hybridized carbons (Fsp3) is 0.105. The van der Waals surface area contributed by atoms with Crippen molar-refractivity contribution in [3.05, 3.63) is 84.2 Å². The largest absolute Gasteiger partial charge is 0.375 e. The van der Waals surface area contributed by atoms with Gasteiger partial charge in [-0.05, 0) is 41.8 Å². The summed E-state index contributed by atoms with van der Waals surface area (Å²) in [6, 6.07) is 13.9. The Morgan fingerprint density at radius 3 is 2.68 bits per heavy atom. The molecule has 0 saturated heterocycles. The molecule has 0 heterocycles. The molecule has 3 heteroatoms. The van der Waals surface area contributed by atoms with E-state index in [1.54, 1.807) is 12.1 Å². The first-order valence-corrected chi connectivity index (χ1v) is 6.90. The van der Waals surface area contributed by atoms with Crippen LogP contribution in [0.4, 0.5) is 10.1 Å². The van der Waals surface area contributed by atoms with Crippen LogP contribution in [0.5, 0.6) is 0 Å². The highest BCUT2D eigenvalue weighted by Gasteiger charge is 2.13. The predicted octanol–water partition coefficient (Wildman–Crippen LogP) is 4.69. The molecule has 2 rings (SSSR count). The highest BCUT2D eigenvalue weighted by atomic mass is 19.1. The van der Waals surface area contributed by atoms with Crippen LogP contribution in [-0.2, 0) is 0 Å². The molecule has 0 aliphatic rings. The van der Waals surface area contributed by atoms with Gasteiger partial charge in [0.05, 0.1) is 11.6 Å². The molecule has 1 atom stereocenters. The monoisotopic (exact) mass is 292 g/mol. The minimum absolute atomic E-state index is 0.00863. The third-order valence-corrected chi connectivity index (χ3v) is 3.51. The predicted molar refractivity (Wildman–Crippen MR) is 88.9 cm³/mol. The molecule has 0 radical (unpaired) electrons. The van der Waals surface area contributed by atoms with Gasteiger partial charge in [0.25, 0.3) is 0 Å². The lowest BCUT2D eigenvalue weighted by molar-refractivity contribution is 0.624. The van der Waals surface area contributed by atoms with Crippen molar-refractivity contribution in [2.45, 2.75) is 13.0 Å². The topological polar surface area (TPSA) is 35.8 Å². The number of hydrogen-bond acceptors (Lipinski definition) is 2. The molecule has 22 heavy (non-hydrogen) atoms. The first kappa shape index (κ1) is 15.5. The number of benzene rings is 2. The molecule has 1 unspecified atom stereocenters. The first-order chi connectivity index (χ1) is 10.6. The van der Waals surface area contributed by atoms with Crippen molar-refractivity contribution in [3.63, 3.8) is 0 Å². The maximum absolute atomic E-state index is 13.4. The van der Waals surface area contributed by atoms with E-state index in [0.717, 1.165) is 16.7 Å². The maximum atomic E-state index is 13.4. The molecule has 1 N–H and O–H groups in total. The van der Waals surface area contributed by atoms with E-state index in [0.29, 0.717) is 5.69 Å². The van der Waals surface area contributed by atoms with Gasteiger partial charge in [0.2, 0.25) is 0 Å². The molecule has 110 valence electrons. The van der Waals surface area contributed by atoms with Crippen molar-refractivity contribution in [3.8, 4) is 6.07 Å². The van der Waals surface area contributed by atoms with Gasteiger partial charge in [-0.2, -0.15) is 5.26 Å². The molecule has 2 aromatic rings. The highest BCUT2D eigenvalue weighted by Crippen LogP contribution is 2.24. The Kier molecular flexibility index (Phi) is 4.75. The van der Waals surface area contributed by atoms with E-state index in [9.17, 15) is 4.39 Å². The van der Waals surface area contributed by atoms with E-state index in [1.165, 1.54) is 12.1 Å². The van der Waals surface area contributed by atoms with Crippen LogP contribution >= 0.6 is 0 Å². The van der Waals surface area contributed by atoms with Gasteiger partial charge in [0.1, 0.15) is 11.9 Å². The highest BCUT2D eigenvalue weighted by molar-refractivity contribution is 5.74. The molecule has 0 fully saturated rings. The van der Waals surface area contributed by atoms with Gasteiger partial charge in [0, 0.05) is 5.69 Å². The number of anilines is 1. The van der Waals surface area contributed by atoms with E-state index in [-0.39, 0.29) is 11.6 Å². The summed E-state index contributed by atoms with van der Waals surface area (Å²) in [5.74, 6) is -0.527. The van der Waals surface area contributed by atoms with Crippen LogP contribution in [0.25, 0.3) is 5.57 Å². The fourth-order valence-corrected chi connectivity index (χ4v) is 2.27. The van der Waals surface area contributed by atoms with E-state index in [4.69, 9.17) is 5.26 Å². The zero-order valence-corrected chi connectivity index (χ0v) is 12.4. The van der Waals surface area contributed by atoms with Gasteiger partial charge in [-0.3, -0.25) is 0 Å². The third kappa shape index (κ3) is 3.24. The number of nitrogens with one attached hydrogen (secondary N) is 1. The summed E-state index contributed by atoms with van der Waals surface area (Å²) in [6.45, 7) is 9.99. The Morgan fingerprint density at radius 2 is 2.05 bits per heavy atom. The Balaban J connectivity index is 2.27. The SMILES string of the molecule is C=CC(Nc1ccc(F)c(C#N)c1)C(=C)c1ccccc1C. The lowest BCUT2D eigenvalue weighted by Gasteiger charge is -2.20. The Bertz CT molecular complexity index is 756. The molecule has 2 aromatic carbocycles. The molecule has 2 nitrogen and oxygen atoms in total. The molecular weight excluding hydrogens is 275 g/mol. The summed E-state index contributed by atoms with van der Waals surface area (Å²) in [6.07, 6.45) is 1.74. The van der Waals surface area contributed by atoms with E-state index in [2.05, 4.69) is 18.5 Å². The average Bonchev–Trinajstić information content (AvgIpc) is 2.54. The van der Waals surface area contributed by atoms with Crippen molar-refractivity contribution in [2.75, 3.05) is 5.32 Å². The third-order valence-electron chi connectivity index (χ3n) is 3.51. The van der Waals surface area contributed by atoms with Gasteiger partial charge in [-0.25, -0.2) is 4.39 Å². The van der Waals surface area contributed by atoms with Crippen LogP contribution < -0.4 is 5.32 Å². The van der Waals surface area contributed by atoms with Gasteiger partial charge in [-0.15, -0.1) is 6.58 Å². The van der Waals surface area contributed by atoms with Crippen LogP contribution in [0.15, 0.2) is 61.7 Å². The average molecular weight is 292 g/mol. The zero-order valence-electron chi connectivity index (χ0n) is 12.4. The minimum atomic E-state index is -0.527. The summed E-state index contributed by atoms with van der Waals surface area (Å²) in [5, 5.41) is 12.1. The quantitative estimate of drug-likeness (QED) is 0.812. The van der Waals surface area contributed by atoms with Crippen molar-refractivity contribution >= 4 is 11.3 Å². The summed E-state index contributed by atoms with van der Waals surface area (Å²) < 4.78 is 13.4. The summed E-state index contributed by atoms with van der Waals surface area (Å²) in [4.78, 5) is 0. The second-order valence-electron chi connectivity index (χ2n) is 5.00. The first-order valence-electron chi connectivity index (χ1n) is 6.90. The second-order valence-corrected chi connectivity index (χ2v) is 5.00. The van der Waals surface area contributed by atoms with Gasteiger partial charge < -0.3 is 5.32 Å². The minimum Gasteiger partial charge on any atom is -0.375 e. The number of rotatable bonds is 5. The molecule has 0 amide bonds. The van der Waals surface area contributed by atoms with Gasteiger partial charge in [0.15, 0.2) is 0 Å². The number of hydrogen-bond donors (Lipinski definition) is 1. The van der Waals surface area contributed by atoms with Crippen LogP contribution in [0.1, 0.15) is 16.7 Å². The smallest absolute Gasteiger partial charge is 0.141 e. The van der Waals surface area contributed by atoms with Crippen molar-refractivity contribution in [1.82, 2.24) is 0 Å². The van der Waals surface area contributed by atoms with E-state index in [1.807, 2.05) is 37.3 Å². The van der Waals surface area contributed by atoms with Crippen molar-refractivity contribution in [1.29, 1.82) is 5.26 Å². The summed E-state index contributed by atoms with van der Waals surface area (Å²) in [5.41, 5.74) is 3.70. The molecule has 0 spiro atoms. The molecule has 0 bridgehead atoms. The van der Waals surface area contributed by atoms with Crippen LogP contribution in [0, 0.1) is 24.1 Å². The standard InChI is InChI=1S/C19H17FN2/c1-4-19(14(3)17-8-6-5-7-13(17)2)22-16-9-10-18(20)15(11-16)12-21/h4-11,19,22H,1,3H2,2H3. The number of aryl methyl sites for hydroxylation is 1. The maximum Gasteiger partial charge on any atom is 0.141 e. The van der Waals surface area contributed by atoms with Gasteiger partial charge in [-0.1, -0.05) is 36.9 Å². The molecule has 0 aromatic heterocycles. The van der Waals surface area contributed by atoms with E-state index < -0.39 is 5.82 Å². The van der Waals surface area contributed by atoms with Crippen LogP contribution in [0.2, 0.25) is 0 Å². The normalized spacial score (nSPS) is 11.3. The Morgan fingerprint density at radius 1 is 1.32 bits per heavy atom. The molecular formula is C19H17FN2. The van der Waals surface area contributed by atoms with Crippen molar-refractivity contribution in [2.24, 2.45) is 0 Å². The van der Waals surface area contributed by atoms with Crippen molar-refractivity contribution < 1.29 is 4.39 Å². The Labute approximate surface area is 130 Å². The molecule has 0 saturated carbocycles. The Hall–Kier alpha value is -2.86. The van der Waals surface area contributed by atoms with E-state index >= 15 is 0 Å². The lowest BCUT2D eigenvalue weighted by atomic mass is 9.96. The lowest BCUT2D eigenvalue weighted by Crippen LogP contribution is -2.18. The number of nitrogens with zero attached hydrogens (tertiary/aromatic N) is 1. The molecule has 0 aliphatic heterocycles. The number of nitriles is 1. The molecule has 0 aliphatic carbocycles. The van der Waals surface area contributed by atoms with Gasteiger partial charge >= 0.3 is 0 Å². The second kappa shape index (κ2) is 6.73. The fourth-order valence-electron chi connectivity index (χ4n) is 2.27. The van der Waals surface area contributed by atoms with Crippen LogP contribution in [-0.4, -0.2) is 6.04 Å². The summed E-state index contributed by atoms with van der Waals surface area (Å²) >= 11 is 0. The number of halogens is 1.